The molecule has 1 amide bonds. The molecule has 6 nitrogen and oxygen atoms in total. The maximum absolute atomic E-state index is 12.3. The van der Waals surface area contributed by atoms with Gasteiger partial charge >= 0.3 is 0 Å². The van der Waals surface area contributed by atoms with Crippen molar-refractivity contribution in [2.24, 2.45) is 0 Å². The smallest absolute Gasteiger partial charge is 0.247 e. The highest BCUT2D eigenvalue weighted by Gasteiger charge is 2.21. The maximum Gasteiger partial charge on any atom is 0.247 e. The number of carbonyl (C=O) groups excluding carboxylic acids is 1. The highest BCUT2D eigenvalue weighted by Crippen LogP contribution is 2.23. The van der Waals surface area contributed by atoms with E-state index < -0.39 is 0 Å². The number of para-hydroxylation sites is 1. The number of anilines is 1. The van der Waals surface area contributed by atoms with Crippen molar-refractivity contribution in [1.29, 1.82) is 0 Å². The molecule has 26 heavy (non-hydrogen) atoms. The Morgan fingerprint density at radius 2 is 1.85 bits per heavy atom. The van der Waals surface area contributed by atoms with E-state index in [1.54, 1.807) is 12.1 Å². The van der Waals surface area contributed by atoms with Gasteiger partial charge in [-0.3, -0.25) is 9.69 Å². The molecule has 2 aromatic carbocycles. The van der Waals surface area contributed by atoms with Crippen molar-refractivity contribution in [3.8, 4) is 11.5 Å². The van der Waals surface area contributed by atoms with Gasteiger partial charge in [-0.2, -0.15) is 0 Å². The molecule has 0 bridgehead atoms. The zero-order chi connectivity index (χ0) is 18.5. The molecule has 0 fully saturated rings. The summed E-state index contributed by atoms with van der Waals surface area (Å²) in [5.74, 6) is 0.744. The van der Waals surface area contributed by atoms with Crippen LogP contribution in [-0.4, -0.2) is 34.6 Å². The van der Waals surface area contributed by atoms with Crippen LogP contribution in [0.5, 0.6) is 0 Å². The van der Waals surface area contributed by atoms with Gasteiger partial charge in [0, 0.05) is 5.56 Å². The summed E-state index contributed by atoms with van der Waals surface area (Å²) in [5.41, 5.74) is 1.45. The molecule has 1 aromatic heterocycles. The molecule has 134 valence electrons. The van der Waals surface area contributed by atoms with E-state index in [4.69, 9.17) is 16.0 Å². The Morgan fingerprint density at radius 1 is 1.15 bits per heavy atom. The van der Waals surface area contributed by atoms with Gasteiger partial charge in [0.15, 0.2) is 0 Å². The second-order valence-electron chi connectivity index (χ2n) is 5.93. The molecule has 0 saturated heterocycles. The first-order valence-corrected chi connectivity index (χ1v) is 8.56. The summed E-state index contributed by atoms with van der Waals surface area (Å²) in [7, 11) is 1.82. The molecule has 0 aliphatic rings. The van der Waals surface area contributed by atoms with Gasteiger partial charge < -0.3 is 9.73 Å². The summed E-state index contributed by atoms with van der Waals surface area (Å²) < 4.78 is 5.75. The molecule has 0 aliphatic heterocycles. The van der Waals surface area contributed by atoms with Gasteiger partial charge in [-0.15, -0.1) is 10.2 Å². The van der Waals surface area contributed by atoms with Crippen molar-refractivity contribution in [1.82, 2.24) is 15.1 Å². The predicted molar refractivity (Wildman–Crippen MR) is 101 cm³/mol. The molecular formula is C19H19ClN4O2. The largest absolute Gasteiger partial charge is 0.419 e. The minimum Gasteiger partial charge on any atom is -0.419 e. The molecule has 3 aromatic rings. The van der Waals surface area contributed by atoms with Crippen LogP contribution in [0.25, 0.3) is 11.5 Å². The number of nitrogens with one attached hydrogen (secondary N) is 1. The first-order valence-electron chi connectivity index (χ1n) is 8.18. The van der Waals surface area contributed by atoms with Gasteiger partial charge in [0.25, 0.3) is 0 Å². The highest BCUT2D eigenvalue weighted by molar-refractivity contribution is 6.33. The molecular weight excluding hydrogens is 352 g/mol. The van der Waals surface area contributed by atoms with E-state index in [0.717, 1.165) is 5.56 Å². The minimum atomic E-state index is -0.211. The third-order valence-electron chi connectivity index (χ3n) is 4.02. The Morgan fingerprint density at radius 3 is 2.58 bits per heavy atom. The molecule has 1 atom stereocenters. The maximum atomic E-state index is 12.3. The summed E-state index contributed by atoms with van der Waals surface area (Å²) in [6, 6.07) is 16.5. The number of aromatic nitrogens is 2. The molecule has 0 spiro atoms. The fourth-order valence-electron chi connectivity index (χ4n) is 2.41. The van der Waals surface area contributed by atoms with Crippen LogP contribution >= 0.6 is 11.6 Å². The standard InChI is InChI=1S/C19H19ClN4O2/c1-13(18-22-23-19(26-18)14-8-4-3-5-9-14)24(2)12-17(25)21-16-11-7-6-10-15(16)20/h3-11,13H,12H2,1-2H3,(H,21,25)/t13-/m0/s1. The number of rotatable bonds is 6. The molecule has 1 N–H and O–H groups in total. The number of likely N-dealkylation sites (N-methyl/N-ethyl adjacent to an activating group) is 1. The van der Waals surface area contributed by atoms with E-state index in [-0.39, 0.29) is 18.5 Å². The van der Waals surface area contributed by atoms with Gasteiger partial charge in [-0.25, -0.2) is 0 Å². The van der Waals surface area contributed by atoms with Crippen molar-refractivity contribution in [3.63, 3.8) is 0 Å². The van der Waals surface area contributed by atoms with Crippen LogP contribution in [0.3, 0.4) is 0 Å². The monoisotopic (exact) mass is 370 g/mol. The van der Waals surface area contributed by atoms with Crippen LogP contribution in [0.4, 0.5) is 5.69 Å². The predicted octanol–water partition coefficient (Wildman–Crippen LogP) is 4.02. The first kappa shape index (κ1) is 18.1. The fourth-order valence-corrected chi connectivity index (χ4v) is 2.59. The minimum absolute atomic E-state index is 0.162. The average Bonchev–Trinajstić information content (AvgIpc) is 3.14. The van der Waals surface area contributed by atoms with Crippen molar-refractivity contribution in [3.05, 3.63) is 65.5 Å². The van der Waals surface area contributed by atoms with E-state index >= 15 is 0 Å². The van der Waals surface area contributed by atoms with Crippen LogP contribution in [-0.2, 0) is 4.79 Å². The quantitative estimate of drug-likeness (QED) is 0.709. The van der Waals surface area contributed by atoms with Crippen LogP contribution < -0.4 is 5.32 Å². The SMILES string of the molecule is C[C@@H](c1nnc(-c2ccccc2)o1)N(C)CC(=O)Nc1ccccc1Cl. The Kier molecular flexibility index (Phi) is 5.65. The van der Waals surface area contributed by atoms with Crippen molar-refractivity contribution in [2.75, 3.05) is 18.9 Å². The number of amides is 1. The van der Waals surface area contributed by atoms with Crippen molar-refractivity contribution < 1.29 is 9.21 Å². The van der Waals surface area contributed by atoms with Crippen LogP contribution in [0, 0.1) is 0 Å². The number of nitrogens with zero attached hydrogens (tertiary/aromatic N) is 3. The molecule has 0 aliphatic carbocycles. The lowest BCUT2D eigenvalue weighted by Gasteiger charge is -2.21. The van der Waals surface area contributed by atoms with Crippen LogP contribution in [0.15, 0.2) is 59.0 Å². The third kappa shape index (κ3) is 4.28. The Balaban J connectivity index is 1.63. The first-order chi connectivity index (χ1) is 12.5. The summed E-state index contributed by atoms with van der Waals surface area (Å²) in [6.07, 6.45) is 0. The Hall–Kier alpha value is -2.70. The number of benzene rings is 2. The lowest BCUT2D eigenvalue weighted by Crippen LogP contribution is -2.32. The summed E-state index contributed by atoms with van der Waals surface area (Å²) in [5, 5.41) is 11.5. The molecule has 0 unspecified atom stereocenters. The lowest BCUT2D eigenvalue weighted by atomic mass is 10.2. The Bertz CT molecular complexity index is 882. The normalized spacial score (nSPS) is 12.2. The summed E-state index contributed by atoms with van der Waals surface area (Å²) in [6.45, 7) is 2.07. The van der Waals surface area contributed by atoms with Crippen molar-refractivity contribution in [2.45, 2.75) is 13.0 Å². The lowest BCUT2D eigenvalue weighted by molar-refractivity contribution is -0.117. The number of carbonyl (C=O) groups is 1. The van der Waals surface area contributed by atoms with Crippen LogP contribution in [0.2, 0.25) is 5.02 Å². The Labute approximate surface area is 156 Å². The van der Waals surface area contributed by atoms with E-state index in [1.165, 1.54) is 0 Å². The van der Waals surface area contributed by atoms with Gasteiger partial charge in [0.2, 0.25) is 17.7 Å². The molecule has 7 heteroatoms. The van der Waals surface area contributed by atoms with E-state index in [2.05, 4.69) is 15.5 Å². The van der Waals surface area contributed by atoms with E-state index in [1.807, 2.05) is 61.3 Å². The third-order valence-corrected chi connectivity index (χ3v) is 4.35. The number of hydrogen-bond donors (Lipinski definition) is 1. The van der Waals surface area contributed by atoms with Gasteiger partial charge in [0.05, 0.1) is 23.3 Å². The average molecular weight is 371 g/mol. The summed E-state index contributed by atoms with van der Waals surface area (Å²) >= 11 is 6.06. The van der Waals surface area contributed by atoms with Gasteiger partial charge in [-0.1, -0.05) is 41.9 Å². The molecule has 0 radical (unpaired) electrons. The zero-order valence-electron chi connectivity index (χ0n) is 14.5. The number of halogens is 1. The molecule has 1 heterocycles. The second-order valence-corrected chi connectivity index (χ2v) is 6.34. The van der Waals surface area contributed by atoms with E-state index in [0.29, 0.717) is 22.5 Å². The fraction of sp³-hybridized carbons (Fsp3) is 0.211. The zero-order valence-corrected chi connectivity index (χ0v) is 15.3. The van der Waals surface area contributed by atoms with E-state index in [9.17, 15) is 4.79 Å². The summed E-state index contributed by atoms with van der Waals surface area (Å²) in [4.78, 5) is 14.1. The van der Waals surface area contributed by atoms with Crippen molar-refractivity contribution >= 4 is 23.2 Å². The van der Waals surface area contributed by atoms with Gasteiger partial charge in [-0.05, 0) is 38.2 Å². The number of hydrogen-bond acceptors (Lipinski definition) is 5. The topological polar surface area (TPSA) is 71.3 Å². The van der Waals surface area contributed by atoms with Crippen LogP contribution in [0.1, 0.15) is 18.9 Å². The molecule has 0 saturated carbocycles. The molecule has 3 rings (SSSR count). The second kappa shape index (κ2) is 8.12. The highest BCUT2D eigenvalue weighted by atomic mass is 35.5. The van der Waals surface area contributed by atoms with Gasteiger partial charge in [0.1, 0.15) is 0 Å².